The summed E-state index contributed by atoms with van der Waals surface area (Å²) in [7, 11) is 0. The fraction of sp³-hybridized carbons (Fsp3) is 0.643. The molecule has 2 N–H and O–H groups in total. The second-order valence-electron chi connectivity index (χ2n) is 4.61. The molecule has 0 aliphatic carbocycles. The summed E-state index contributed by atoms with van der Waals surface area (Å²) in [5, 5.41) is 8.47. The largest absolute Gasteiger partial charge is 0.466 e. The Labute approximate surface area is 129 Å². The zero-order valence-corrected chi connectivity index (χ0v) is 13.6. The number of rotatable bonds is 9. The summed E-state index contributed by atoms with van der Waals surface area (Å²) in [5.41, 5.74) is 0.830. The quantitative estimate of drug-likeness (QED) is 0.681. The number of esters is 1. The first-order valence-corrected chi connectivity index (χ1v) is 8.09. The van der Waals surface area contributed by atoms with E-state index in [1.807, 2.05) is 12.3 Å². The maximum absolute atomic E-state index is 11.7. The van der Waals surface area contributed by atoms with E-state index in [0.717, 1.165) is 12.1 Å². The summed E-state index contributed by atoms with van der Waals surface area (Å²) in [4.78, 5) is 27.4. The average Bonchev–Trinajstić information content (AvgIpc) is 2.90. The molecule has 0 aliphatic heterocycles. The van der Waals surface area contributed by atoms with Crippen molar-refractivity contribution in [2.24, 2.45) is 0 Å². The van der Waals surface area contributed by atoms with E-state index in [0.29, 0.717) is 31.1 Å². The lowest BCUT2D eigenvalue weighted by Gasteiger charge is -2.12. The van der Waals surface area contributed by atoms with Crippen LogP contribution in [-0.2, 0) is 20.7 Å². The van der Waals surface area contributed by atoms with Crippen LogP contribution in [0.5, 0.6) is 0 Å². The molecule has 21 heavy (non-hydrogen) atoms. The Kier molecular flexibility index (Phi) is 7.74. The minimum atomic E-state index is -0.333. The number of aryl methyl sites for hydroxylation is 1. The molecule has 0 spiro atoms. The van der Waals surface area contributed by atoms with E-state index < -0.39 is 0 Å². The number of nitrogens with zero attached hydrogens (tertiary/aromatic N) is 1. The van der Waals surface area contributed by atoms with Crippen LogP contribution >= 0.6 is 11.3 Å². The van der Waals surface area contributed by atoms with E-state index in [1.165, 1.54) is 11.3 Å². The van der Waals surface area contributed by atoms with E-state index in [2.05, 4.69) is 15.6 Å². The van der Waals surface area contributed by atoms with E-state index in [4.69, 9.17) is 4.74 Å². The number of anilines is 1. The maximum Gasteiger partial charge on any atom is 0.306 e. The summed E-state index contributed by atoms with van der Waals surface area (Å²) in [6.07, 6.45) is 1.78. The molecule has 0 aliphatic rings. The highest BCUT2D eigenvalue weighted by Gasteiger charge is 2.14. The predicted molar refractivity (Wildman–Crippen MR) is 83.5 cm³/mol. The number of nitrogens with one attached hydrogen (secondary N) is 2. The first-order chi connectivity index (χ1) is 10.1. The number of thiazole rings is 1. The van der Waals surface area contributed by atoms with Gasteiger partial charge in [-0.15, -0.1) is 11.3 Å². The first-order valence-electron chi connectivity index (χ1n) is 7.21. The van der Waals surface area contributed by atoms with Crippen molar-refractivity contribution in [1.29, 1.82) is 0 Å². The SMILES string of the molecule is CCCNC(=O)C(C)Nc1nc(CCC(=O)OCC)cs1. The Hall–Kier alpha value is -1.63. The van der Waals surface area contributed by atoms with Crippen molar-refractivity contribution in [1.82, 2.24) is 10.3 Å². The van der Waals surface area contributed by atoms with Crippen LogP contribution in [0.3, 0.4) is 0 Å². The van der Waals surface area contributed by atoms with Crippen molar-refractivity contribution >= 4 is 28.3 Å². The second-order valence-corrected chi connectivity index (χ2v) is 5.46. The van der Waals surface area contributed by atoms with Gasteiger partial charge < -0.3 is 15.4 Å². The summed E-state index contributed by atoms with van der Waals surface area (Å²) in [5.74, 6) is -0.257. The van der Waals surface area contributed by atoms with Gasteiger partial charge in [-0.2, -0.15) is 0 Å². The lowest BCUT2D eigenvalue weighted by atomic mass is 10.2. The van der Waals surface area contributed by atoms with Crippen LogP contribution in [0.4, 0.5) is 5.13 Å². The average molecular weight is 313 g/mol. The van der Waals surface area contributed by atoms with Gasteiger partial charge in [-0.1, -0.05) is 6.92 Å². The molecule has 1 atom stereocenters. The van der Waals surface area contributed by atoms with Crippen LogP contribution < -0.4 is 10.6 Å². The summed E-state index contributed by atoms with van der Waals surface area (Å²) < 4.78 is 4.87. The number of hydrogen-bond donors (Lipinski definition) is 2. The number of carbonyl (C=O) groups is 2. The normalized spacial score (nSPS) is 11.8. The highest BCUT2D eigenvalue weighted by atomic mass is 32.1. The smallest absolute Gasteiger partial charge is 0.306 e. The molecule has 0 saturated heterocycles. The molecular formula is C14H23N3O3S. The summed E-state index contributed by atoms with van der Waals surface area (Å²) in [6, 6.07) is -0.333. The molecule has 1 rings (SSSR count). The third-order valence-corrected chi connectivity index (χ3v) is 3.55. The van der Waals surface area contributed by atoms with E-state index in [9.17, 15) is 9.59 Å². The third kappa shape index (κ3) is 6.57. The van der Waals surface area contributed by atoms with Crippen LogP contribution in [0.25, 0.3) is 0 Å². The molecule has 0 fully saturated rings. The van der Waals surface area contributed by atoms with Gasteiger partial charge in [0, 0.05) is 18.3 Å². The third-order valence-electron chi connectivity index (χ3n) is 2.72. The van der Waals surface area contributed by atoms with Gasteiger partial charge >= 0.3 is 5.97 Å². The van der Waals surface area contributed by atoms with Crippen LogP contribution in [0.15, 0.2) is 5.38 Å². The first kappa shape index (κ1) is 17.4. The van der Waals surface area contributed by atoms with E-state index in [-0.39, 0.29) is 17.9 Å². The van der Waals surface area contributed by atoms with Crippen LogP contribution in [-0.4, -0.2) is 36.1 Å². The van der Waals surface area contributed by atoms with Gasteiger partial charge in [0.25, 0.3) is 0 Å². The molecule has 0 radical (unpaired) electrons. The van der Waals surface area contributed by atoms with E-state index in [1.54, 1.807) is 13.8 Å². The van der Waals surface area contributed by atoms with Gasteiger partial charge in [-0.05, 0) is 20.3 Å². The lowest BCUT2D eigenvalue weighted by molar-refractivity contribution is -0.143. The van der Waals surface area contributed by atoms with Gasteiger partial charge in [0.15, 0.2) is 5.13 Å². The number of amides is 1. The van der Waals surface area contributed by atoms with Crippen molar-refractivity contribution in [2.45, 2.75) is 46.1 Å². The lowest BCUT2D eigenvalue weighted by Crippen LogP contribution is -2.37. The molecule has 1 aromatic rings. The van der Waals surface area contributed by atoms with Crippen molar-refractivity contribution in [3.05, 3.63) is 11.1 Å². The Morgan fingerprint density at radius 1 is 1.43 bits per heavy atom. The second kappa shape index (κ2) is 9.33. The fourth-order valence-corrected chi connectivity index (χ4v) is 2.44. The van der Waals surface area contributed by atoms with Crippen LogP contribution in [0, 0.1) is 0 Å². The zero-order valence-electron chi connectivity index (χ0n) is 12.8. The van der Waals surface area contributed by atoms with Crippen molar-refractivity contribution in [3.63, 3.8) is 0 Å². The van der Waals surface area contributed by atoms with Gasteiger partial charge in [0.1, 0.15) is 6.04 Å². The monoisotopic (exact) mass is 313 g/mol. The molecule has 7 heteroatoms. The number of carbonyl (C=O) groups excluding carboxylic acids is 2. The Bertz CT molecular complexity index is 462. The minimum Gasteiger partial charge on any atom is -0.466 e. The Morgan fingerprint density at radius 3 is 2.86 bits per heavy atom. The fourth-order valence-electron chi connectivity index (χ4n) is 1.60. The van der Waals surface area contributed by atoms with Crippen molar-refractivity contribution in [3.8, 4) is 0 Å². The van der Waals surface area contributed by atoms with Crippen molar-refractivity contribution in [2.75, 3.05) is 18.5 Å². The number of aromatic nitrogens is 1. The van der Waals surface area contributed by atoms with Gasteiger partial charge in [-0.3, -0.25) is 9.59 Å². The Balaban J connectivity index is 2.40. The summed E-state index contributed by atoms with van der Waals surface area (Å²) >= 11 is 1.43. The highest BCUT2D eigenvalue weighted by Crippen LogP contribution is 2.17. The molecule has 1 amide bonds. The number of hydrogen-bond acceptors (Lipinski definition) is 6. The van der Waals surface area contributed by atoms with Crippen LogP contribution in [0.2, 0.25) is 0 Å². The molecule has 0 aromatic carbocycles. The number of ether oxygens (including phenoxy) is 1. The molecular weight excluding hydrogens is 290 g/mol. The molecule has 1 aromatic heterocycles. The highest BCUT2D eigenvalue weighted by molar-refractivity contribution is 7.13. The van der Waals surface area contributed by atoms with Crippen LogP contribution in [0.1, 0.15) is 39.3 Å². The molecule has 0 saturated carbocycles. The molecule has 118 valence electrons. The molecule has 1 heterocycles. The topological polar surface area (TPSA) is 80.3 Å². The molecule has 6 nitrogen and oxygen atoms in total. The minimum absolute atomic E-state index is 0.0416. The zero-order chi connectivity index (χ0) is 15.7. The van der Waals surface area contributed by atoms with E-state index >= 15 is 0 Å². The summed E-state index contributed by atoms with van der Waals surface area (Å²) in [6.45, 7) is 6.66. The Morgan fingerprint density at radius 2 is 2.19 bits per heavy atom. The van der Waals surface area contributed by atoms with Gasteiger partial charge in [0.05, 0.1) is 18.7 Å². The van der Waals surface area contributed by atoms with Gasteiger partial charge in [0.2, 0.25) is 5.91 Å². The molecule has 1 unspecified atom stereocenters. The van der Waals surface area contributed by atoms with Gasteiger partial charge in [-0.25, -0.2) is 4.98 Å². The molecule has 0 bridgehead atoms. The standard InChI is InChI=1S/C14H23N3O3S/c1-4-8-15-13(19)10(3)16-14-17-11(9-21-14)6-7-12(18)20-5-2/h9-10H,4-8H2,1-3H3,(H,15,19)(H,16,17). The van der Waals surface area contributed by atoms with Crippen molar-refractivity contribution < 1.29 is 14.3 Å². The predicted octanol–water partition coefficient (Wildman–Crippen LogP) is 1.97. The maximum atomic E-state index is 11.7.